The van der Waals surface area contributed by atoms with Gasteiger partial charge in [-0.15, -0.1) is 0 Å². The largest absolute Gasteiger partial charge is 0.462 e. The normalized spacial score (nSPS) is 22.6. The van der Waals surface area contributed by atoms with E-state index in [2.05, 4.69) is 43.1 Å². The molecule has 3 rings (SSSR count). The summed E-state index contributed by atoms with van der Waals surface area (Å²) < 4.78 is 5.87. The average Bonchev–Trinajstić information content (AvgIpc) is 2.42. The number of piperidine rings is 1. The number of hydrogen-bond acceptors (Lipinski definition) is 3. The number of benzene rings is 1. The second kappa shape index (κ2) is 5.80. The molecule has 0 spiro atoms. The van der Waals surface area contributed by atoms with Crippen molar-refractivity contribution in [3.8, 4) is 0 Å². The standard InChI is InChI=1S/C18H25NO2/c1-14-4-6-15(7-5-14)18(10-3-11-18)17(20)21-16-8-12-19(2)13-9-16/h4-7,16H,3,8-13H2,1-2H3. The van der Waals surface area contributed by atoms with Crippen molar-refractivity contribution in [1.82, 2.24) is 4.90 Å². The summed E-state index contributed by atoms with van der Waals surface area (Å²) in [6.45, 7) is 4.12. The zero-order valence-corrected chi connectivity index (χ0v) is 13.1. The number of carbonyl (C=O) groups excluding carboxylic acids is 1. The fourth-order valence-corrected chi connectivity index (χ4v) is 3.38. The molecule has 1 heterocycles. The van der Waals surface area contributed by atoms with Gasteiger partial charge in [0.05, 0.1) is 5.41 Å². The molecule has 1 aromatic carbocycles. The minimum Gasteiger partial charge on any atom is -0.462 e. The molecule has 3 nitrogen and oxygen atoms in total. The Bertz CT molecular complexity index is 496. The molecule has 1 saturated carbocycles. The van der Waals surface area contributed by atoms with Crippen molar-refractivity contribution in [3.05, 3.63) is 35.4 Å². The molecular weight excluding hydrogens is 262 g/mol. The van der Waals surface area contributed by atoms with E-state index in [9.17, 15) is 4.79 Å². The fourth-order valence-electron chi connectivity index (χ4n) is 3.38. The maximum absolute atomic E-state index is 12.7. The second-order valence-electron chi connectivity index (χ2n) is 6.71. The van der Waals surface area contributed by atoms with Crippen LogP contribution in [0.15, 0.2) is 24.3 Å². The Morgan fingerprint density at radius 2 is 1.81 bits per heavy atom. The number of esters is 1. The van der Waals surface area contributed by atoms with E-state index >= 15 is 0 Å². The van der Waals surface area contributed by atoms with E-state index in [0.717, 1.165) is 50.8 Å². The first kappa shape index (κ1) is 14.6. The molecule has 0 bridgehead atoms. The Morgan fingerprint density at radius 1 is 1.19 bits per heavy atom. The highest BCUT2D eigenvalue weighted by molar-refractivity contribution is 5.84. The van der Waals surface area contributed by atoms with E-state index in [-0.39, 0.29) is 17.5 Å². The first-order chi connectivity index (χ1) is 10.1. The molecule has 114 valence electrons. The maximum Gasteiger partial charge on any atom is 0.316 e. The van der Waals surface area contributed by atoms with Crippen LogP contribution in [0, 0.1) is 6.92 Å². The molecule has 0 amide bonds. The number of rotatable bonds is 3. The highest BCUT2D eigenvalue weighted by Gasteiger charge is 2.47. The number of carbonyl (C=O) groups is 1. The number of ether oxygens (including phenoxy) is 1. The lowest BCUT2D eigenvalue weighted by molar-refractivity contribution is -0.162. The quantitative estimate of drug-likeness (QED) is 0.800. The van der Waals surface area contributed by atoms with E-state index in [4.69, 9.17) is 4.74 Å². The summed E-state index contributed by atoms with van der Waals surface area (Å²) in [5, 5.41) is 0. The van der Waals surface area contributed by atoms with Crippen molar-refractivity contribution in [3.63, 3.8) is 0 Å². The molecule has 1 aliphatic carbocycles. The van der Waals surface area contributed by atoms with Crippen LogP contribution in [-0.4, -0.2) is 37.1 Å². The summed E-state index contributed by atoms with van der Waals surface area (Å²) in [6, 6.07) is 8.39. The van der Waals surface area contributed by atoms with E-state index < -0.39 is 0 Å². The van der Waals surface area contributed by atoms with Crippen LogP contribution in [0.25, 0.3) is 0 Å². The minimum absolute atomic E-state index is 0.00663. The Kier molecular flexibility index (Phi) is 4.03. The Labute approximate surface area is 127 Å². The zero-order chi connectivity index (χ0) is 14.9. The third-order valence-electron chi connectivity index (χ3n) is 5.14. The zero-order valence-electron chi connectivity index (χ0n) is 13.1. The minimum atomic E-state index is -0.364. The van der Waals surface area contributed by atoms with Gasteiger partial charge in [-0.05, 0) is 45.2 Å². The monoisotopic (exact) mass is 287 g/mol. The van der Waals surface area contributed by atoms with Crippen molar-refractivity contribution in [2.24, 2.45) is 0 Å². The molecule has 3 heteroatoms. The Hall–Kier alpha value is -1.35. The van der Waals surface area contributed by atoms with Crippen LogP contribution in [0.3, 0.4) is 0 Å². The van der Waals surface area contributed by atoms with Crippen LogP contribution < -0.4 is 0 Å². The van der Waals surface area contributed by atoms with Gasteiger partial charge in [0.2, 0.25) is 0 Å². The number of nitrogens with zero attached hydrogens (tertiary/aromatic N) is 1. The van der Waals surface area contributed by atoms with Crippen molar-refractivity contribution >= 4 is 5.97 Å². The van der Waals surface area contributed by atoms with Gasteiger partial charge in [-0.25, -0.2) is 0 Å². The molecule has 2 aliphatic rings. The molecule has 2 fully saturated rings. The molecule has 1 aliphatic heterocycles. The summed E-state index contributed by atoms with van der Waals surface area (Å²) in [7, 11) is 2.12. The van der Waals surface area contributed by atoms with Crippen LogP contribution in [0.4, 0.5) is 0 Å². The van der Waals surface area contributed by atoms with Gasteiger partial charge in [0, 0.05) is 13.1 Å². The fraction of sp³-hybridized carbons (Fsp3) is 0.611. The number of hydrogen-bond donors (Lipinski definition) is 0. The van der Waals surface area contributed by atoms with Crippen LogP contribution in [0.2, 0.25) is 0 Å². The van der Waals surface area contributed by atoms with Crippen LogP contribution in [0.1, 0.15) is 43.2 Å². The molecule has 0 radical (unpaired) electrons. The van der Waals surface area contributed by atoms with Gasteiger partial charge < -0.3 is 9.64 Å². The molecular formula is C18H25NO2. The highest BCUT2D eigenvalue weighted by atomic mass is 16.5. The van der Waals surface area contributed by atoms with E-state index in [1.807, 2.05) is 0 Å². The predicted molar refractivity (Wildman–Crippen MR) is 83.3 cm³/mol. The lowest BCUT2D eigenvalue weighted by atomic mass is 9.64. The van der Waals surface area contributed by atoms with E-state index in [0.29, 0.717) is 0 Å². The van der Waals surface area contributed by atoms with Crippen molar-refractivity contribution in [2.75, 3.05) is 20.1 Å². The van der Waals surface area contributed by atoms with Gasteiger partial charge in [0.15, 0.2) is 0 Å². The van der Waals surface area contributed by atoms with E-state index in [1.54, 1.807) is 0 Å². The third-order valence-corrected chi connectivity index (χ3v) is 5.14. The van der Waals surface area contributed by atoms with Gasteiger partial charge >= 0.3 is 5.97 Å². The lowest BCUT2D eigenvalue weighted by Crippen LogP contribution is -2.46. The van der Waals surface area contributed by atoms with E-state index in [1.165, 1.54) is 5.56 Å². The van der Waals surface area contributed by atoms with Crippen molar-refractivity contribution in [2.45, 2.75) is 50.5 Å². The molecule has 1 aromatic rings. The molecule has 0 N–H and O–H groups in total. The molecule has 0 aromatic heterocycles. The van der Waals surface area contributed by atoms with Crippen LogP contribution in [-0.2, 0) is 14.9 Å². The second-order valence-corrected chi connectivity index (χ2v) is 6.71. The Balaban J connectivity index is 1.70. The summed E-state index contributed by atoms with van der Waals surface area (Å²) in [5.74, 6) is 0.00663. The predicted octanol–water partition coefficient (Wildman–Crippen LogP) is 3.05. The summed E-state index contributed by atoms with van der Waals surface area (Å²) in [5.41, 5.74) is 2.01. The molecule has 21 heavy (non-hydrogen) atoms. The molecule has 1 saturated heterocycles. The number of likely N-dealkylation sites (tertiary alicyclic amines) is 1. The SMILES string of the molecule is Cc1ccc(C2(C(=O)OC3CCN(C)CC3)CCC2)cc1. The van der Waals surface area contributed by atoms with Crippen molar-refractivity contribution < 1.29 is 9.53 Å². The maximum atomic E-state index is 12.7. The first-order valence-electron chi connectivity index (χ1n) is 8.07. The molecule has 0 unspecified atom stereocenters. The van der Waals surface area contributed by atoms with Gasteiger partial charge in [-0.2, -0.15) is 0 Å². The Morgan fingerprint density at radius 3 is 2.33 bits per heavy atom. The number of aryl methyl sites for hydroxylation is 1. The summed E-state index contributed by atoms with van der Waals surface area (Å²) in [4.78, 5) is 15.0. The summed E-state index contributed by atoms with van der Waals surface area (Å²) in [6.07, 6.45) is 5.02. The van der Waals surface area contributed by atoms with Gasteiger partial charge in [-0.1, -0.05) is 36.2 Å². The van der Waals surface area contributed by atoms with Crippen LogP contribution >= 0.6 is 0 Å². The summed E-state index contributed by atoms with van der Waals surface area (Å²) >= 11 is 0. The lowest BCUT2D eigenvalue weighted by Gasteiger charge is -2.41. The molecule has 0 atom stereocenters. The van der Waals surface area contributed by atoms with Gasteiger partial charge in [0.1, 0.15) is 6.10 Å². The first-order valence-corrected chi connectivity index (χ1v) is 8.07. The smallest absolute Gasteiger partial charge is 0.316 e. The van der Waals surface area contributed by atoms with Gasteiger partial charge in [0.25, 0.3) is 0 Å². The van der Waals surface area contributed by atoms with Gasteiger partial charge in [-0.3, -0.25) is 4.79 Å². The topological polar surface area (TPSA) is 29.5 Å². The highest BCUT2D eigenvalue weighted by Crippen LogP contribution is 2.45. The van der Waals surface area contributed by atoms with Crippen LogP contribution in [0.5, 0.6) is 0 Å². The van der Waals surface area contributed by atoms with Crippen molar-refractivity contribution in [1.29, 1.82) is 0 Å². The average molecular weight is 287 g/mol. The third kappa shape index (κ3) is 2.84.